The lowest BCUT2D eigenvalue weighted by Gasteiger charge is -2.37. The van der Waals surface area contributed by atoms with E-state index in [-0.39, 0.29) is 35.5 Å². The van der Waals surface area contributed by atoms with Gasteiger partial charge < -0.3 is 26.0 Å². The molecule has 0 spiro atoms. The maximum absolute atomic E-state index is 14.0. The summed E-state index contributed by atoms with van der Waals surface area (Å²) < 4.78 is 5.46. The number of piperidine rings is 1. The molecule has 0 radical (unpaired) electrons. The minimum atomic E-state index is -1.10. The van der Waals surface area contributed by atoms with Crippen molar-refractivity contribution in [2.75, 3.05) is 6.54 Å². The number of primary amides is 1. The Morgan fingerprint density at radius 2 is 1.68 bits per heavy atom. The third-order valence-corrected chi connectivity index (χ3v) is 8.27. The van der Waals surface area contributed by atoms with Crippen molar-refractivity contribution in [3.8, 4) is 0 Å². The van der Waals surface area contributed by atoms with Crippen LogP contribution in [-0.2, 0) is 23.9 Å². The number of rotatable bonds is 9. The van der Waals surface area contributed by atoms with Gasteiger partial charge in [-0.05, 0) is 63.2 Å². The van der Waals surface area contributed by atoms with Crippen LogP contribution in [0.25, 0.3) is 0 Å². The first-order valence-electron chi connectivity index (χ1n) is 13.6. The highest BCUT2D eigenvalue weighted by Crippen LogP contribution is 2.65. The molecule has 0 aromatic heterocycles. The smallest absolute Gasteiger partial charge is 0.408 e. The summed E-state index contributed by atoms with van der Waals surface area (Å²) in [5, 5.41) is 5.54. The average Bonchev–Trinajstić information content (AvgIpc) is 3.14. The Morgan fingerprint density at radius 1 is 1.05 bits per heavy atom. The normalized spacial score (nSPS) is 26.4. The molecule has 0 aromatic carbocycles. The fourth-order valence-corrected chi connectivity index (χ4v) is 6.26. The SMILES string of the molecule is CCCC(NC(=O)[C@@H]1[C@@H]2[C@H](CN1C(=O)[C@@H](NC(=O)OC(C)(C)C)C1CCCCC1)C2(C)C)C(=O)C(N)=O. The van der Waals surface area contributed by atoms with E-state index in [1.165, 1.54) is 0 Å². The Bertz CT molecular complexity index is 920. The zero-order chi connectivity index (χ0) is 27.7. The van der Waals surface area contributed by atoms with E-state index in [1.54, 1.807) is 25.7 Å². The van der Waals surface area contributed by atoms with Gasteiger partial charge >= 0.3 is 6.09 Å². The third kappa shape index (κ3) is 6.44. The third-order valence-electron chi connectivity index (χ3n) is 8.27. The van der Waals surface area contributed by atoms with Crippen molar-refractivity contribution in [3.63, 3.8) is 0 Å². The van der Waals surface area contributed by atoms with Crippen molar-refractivity contribution < 1.29 is 28.7 Å². The summed E-state index contributed by atoms with van der Waals surface area (Å²) in [6, 6.07) is -2.62. The van der Waals surface area contributed by atoms with Crippen LogP contribution in [0.4, 0.5) is 4.79 Å². The van der Waals surface area contributed by atoms with Crippen LogP contribution in [0.2, 0.25) is 0 Å². The predicted octanol–water partition coefficient (Wildman–Crippen LogP) is 2.28. The lowest BCUT2D eigenvalue weighted by Crippen LogP contribution is -2.59. The number of carbonyl (C=O) groups is 5. The number of likely N-dealkylation sites (tertiary alicyclic amines) is 1. The highest BCUT2D eigenvalue weighted by Gasteiger charge is 2.69. The number of amides is 4. The van der Waals surface area contributed by atoms with E-state index < -0.39 is 47.4 Å². The number of nitrogens with one attached hydrogen (secondary N) is 2. The van der Waals surface area contributed by atoms with Gasteiger partial charge in [0.05, 0.1) is 6.04 Å². The molecule has 5 atom stereocenters. The Labute approximate surface area is 219 Å². The summed E-state index contributed by atoms with van der Waals surface area (Å²) in [5.74, 6) is -2.68. The van der Waals surface area contributed by atoms with Crippen molar-refractivity contribution >= 4 is 29.6 Å². The number of Topliss-reactive ketones (excluding diaryl/α,β-unsaturated/α-hetero) is 1. The van der Waals surface area contributed by atoms with Gasteiger partial charge in [0.2, 0.25) is 17.6 Å². The van der Waals surface area contributed by atoms with Crippen LogP contribution in [0.15, 0.2) is 0 Å². The van der Waals surface area contributed by atoms with Gasteiger partial charge in [0, 0.05) is 6.54 Å². The lowest BCUT2D eigenvalue weighted by atomic mass is 9.83. The number of nitrogens with zero attached hydrogens (tertiary/aromatic N) is 1. The van der Waals surface area contributed by atoms with Gasteiger partial charge in [-0.15, -0.1) is 0 Å². The average molecular weight is 521 g/mol. The minimum Gasteiger partial charge on any atom is -0.444 e. The van der Waals surface area contributed by atoms with E-state index in [2.05, 4.69) is 24.5 Å². The van der Waals surface area contributed by atoms with Gasteiger partial charge in [0.15, 0.2) is 0 Å². The summed E-state index contributed by atoms with van der Waals surface area (Å²) in [6.07, 6.45) is 4.83. The van der Waals surface area contributed by atoms with Gasteiger partial charge in [-0.1, -0.05) is 46.5 Å². The molecular weight excluding hydrogens is 476 g/mol. The second-order valence-electron chi connectivity index (χ2n) is 12.5. The topological polar surface area (TPSA) is 148 Å². The first kappa shape index (κ1) is 28.9. The summed E-state index contributed by atoms with van der Waals surface area (Å²) in [4.78, 5) is 65.8. The molecular formula is C27H44N4O6. The van der Waals surface area contributed by atoms with E-state index in [1.807, 2.05) is 6.92 Å². The molecule has 1 saturated heterocycles. The Kier molecular flexibility index (Phi) is 8.59. The molecule has 0 aromatic rings. The number of carbonyl (C=O) groups excluding carboxylic acids is 5. The summed E-state index contributed by atoms with van der Waals surface area (Å²) in [7, 11) is 0. The highest BCUT2D eigenvalue weighted by molar-refractivity contribution is 6.37. The van der Waals surface area contributed by atoms with Crippen LogP contribution in [0.1, 0.15) is 86.5 Å². The van der Waals surface area contributed by atoms with Crippen molar-refractivity contribution in [3.05, 3.63) is 0 Å². The molecule has 3 fully saturated rings. The summed E-state index contributed by atoms with van der Waals surface area (Å²) >= 11 is 0. The number of ether oxygens (including phenoxy) is 1. The number of hydrogen-bond donors (Lipinski definition) is 3. The van der Waals surface area contributed by atoms with Gasteiger partial charge in [-0.3, -0.25) is 19.2 Å². The van der Waals surface area contributed by atoms with Crippen LogP contribution in [0, 0.1) is 23.2 Å². The maximum atomic E-state index is 14.0. The molecule has 3 aliphatic rings. The zero-order valence-electron chi connectivity index (χ0n) is 23.1. The highest BCUT2D eigenvalue weighted by atomic mass is 16.6. The van der Waals surface area contributed by atoms with E-state index in [0.29, 0.717) is 13.0 Å². The lowest BCUT2D eigenvalue weighted by molar-refractivity contribution is -0.144. The molecule has 1 aliphatic heterocycles. The molecule has 0 bridgehead atoms. The van der Waals surface area contributed by atoms with Gasteiger partial charge in [-0.25, -0.2) is 4.79 Å². The maximum Gasteiger partial charge on any atom is 0.408 e. The minimum absolute atomic E-state index is 0.0494. The largest absolute Gasteiger partial charge is 0.444 e. The first-order chi connectivity index (χ1) is 17.2. The molecule has 4 N–H and O–H groups in total. The number of ketones is 1. The number of nitrogens with two attached hydrogens (primary N) is 1. The van der Waals surface area contributed by atoms with Gasteiger partial charge in [0.25, 0.3) is 5.91 Å². The zero-order valence-corrected chi connectivity index (χ0v) is 23.1. The van der Waals surface area contributed by atoms with E-state index in [0.717, 1.165) is 32.1 Å². The second-order valence-corrected chi connectivity index (χ2v) is 12.5. The second kappa shape index (κ2) is 11.0. The van der Waals surface area contributed by atoms with Crippen molar-refractivity contribution in [1.82, 2.24) is 15.5 Å². The monoisotopic (exact) mass is 520 g/mol. The molecule has 1 heterocycles. The van der Waals surface area contributed by atoms with Crippen LogP contribution in [0.5, 0.6) is 0 Å². The Morgan fingerprint density at radius 3 is 2.22 bits per heavy atom. The van der Waals surface area contributed by atoms with Crippen LogP contribution in [0.3, 0.4) is 0 Å². The molecule has 1 unspecified atom stereocenters. The first-order valence-corrected chi connectivity index (χ1v) is 13.6. The van der Waals surface area contributed by atoms with Crippen LogP contribution in [-0.4, -0.2) is 64.8 Å². The van der Waals surface area contributed by atoms with E-state index >= 15 is 0 Å². The Balaban J connectivity index is 1.85. The molecule has 10 heteroatoms. The molecule has 2 saturated carbocycles. The van der Waals surface area contributed by atoms with Crippen molar-refractivity contribution in [1.29, 1.82) is 0 Å². The van der Waals surface area contributed by atoms with Crippen LogP contribution < -0.4 is 16.4 Å². The number of alkyl carbamates (subject to hydrolysis) is 1. The van der Waals surface area contributed by atoms with Gasteiger partial charge in [0.1, 0.15) is 17.7 Å². The summed E-state index contributed by atoms with van der Waals surface area (Å²) in [6.45, 7) is 11.7. The van der Waals surface area contributed by atoms with E-state index in [9.17, 15) is 24.0 Å². The fraction of sp³-hybridized carbons (Fsp3) is 0.815. The standard InChI is InChI=1S/C27H44N4O6/c1-7-11-17(21(32)22(28)33)29-23(34)20-18-16(27(18,5)6)14-31(20)24(35)19(15-12-9-8-10-13-15)30-25(36)37-26(2,3)4/h15-20H,7-14H2,1-6H3,(H2,28,33)(H,29,34)(H,30,36)/t16-,17?,18-,19-,20-/m0/s1. The van der Waals surface area contributed by atoms with Crippen molar-refractivity contribution in [2.45, 2.75) is 110 Å². The van der Waals surface area contributed by atoms with Gasteiger partial charge in [-0.2, -0.15) is 0 Å². The molecule has 37 heavy (non-hydrogen) atoms. The molecule has 10 nitrogen and oxygen atoms in total. The fourth-order valence-electron chi connectivity index (χ4n) is 6.26. The molecule has 4 amide bonds. The molecule has 2 aliphatic carbocycles. The molecule has 3 rings (SSSR count). The Hall–Kier alpha value is -2.65. The number of hydrogen-bond acceptors (Lipinski definition) is 6. The van der Waals surface area contributed by atoms with Crippen LogP contribution >= 0.6 is 0 Å². The predicted molar refractivity (Wildman–Crippen MR) is 137 cm³/mol. The number of fused-ring (bicyclic) bond motifs is 1. The molecule has 208 valence electrons. The van der Waals surface area contributed by atoms with E-state index in [4.69, 9.17) is 10.5 Å². The van der Waals surface area contributed by atoms with Crippen molar-refractivity contribution in [2.24, 2.45) is 28.9 Å². The summed E-state index contributed by atoms with van der Waals surface area (Å²) in [5.41, 5.74) is 4.36. The quantitative estimate of drug-likeness (QED) is 0.397.